The number of rotatable bonds is 10. The molecule has 0 amide bonds. The van der Waals surface area contributed by atoms with Crippen molar-refractivity contribution in [2.75, 3.05) is 0 Å². The van der Waals surface area contributed by atoms with Gasteiger partial charge in [-0.2, -0.15) is 38.8 Å². The molecule has 0 saturated carbocycles. The van der Waals surface area contributed by atoms with Gasteiger partial charge in [0.2, 0.25) is 0 Å². The summed E-state index contributed by atoms with van der Waals surface area (Å²) >= 11 is 0. The fraction of sp³-hybridized carbons (Fsp3) is 0.0244. The molecule has 0 heterocycles. The molecule has 330 valence electrons. The van der Waals surface area contributed by atoms with E-state index in [0.717, 1.165) is 30.3 Å². The second-order valence-corrected chi connectivity index (χ2v) is 19.7. The van der Waals surface area contributed by atoms with E-state index in [4.69, 9.17) is 0 Å². The summed E-state index contributed by atoms with van der Waals surface area (Å²) in [5.41, 5.74) is -0.859. The Labute approximate surface area is 367 Å². The summed E-state index contributed by atoms with van der Waals surface area (Å²) in [6.07, 6.45) is 0. The number of nitrogens with zero attached hydrogens (tertiary/aromatic N) is 6. The maximum Gasteiger partial charge on any atom is 0.297 e. The fourth-order valence-corrected chi connectivity index (χ4v) is 9.97. The van der Waals surface area contributed by atoms with E-state index in [1.165, 1.54) is 30.3 Å². The van der Waals surface area contributed by atoms with Crippen molar-refractivity contribution in [3.63, 3.8) is 0 Å². The highest BCUT2D eigenvalue weighted by Crippen LogP contribution is 2.47. The number of hydrogen-bond donors (Lipinski definition) is 6. The Morgan fingerprint density at radius 2 is 0.969 bits per heavy atom. The van der Waals surface area contributed by atoms with Crippen LogP contribution in [0.1, 0.15) is 5.56 Å². The molecule has 24 heteroatoms. The summed E-state index contributed by atoms with van der Waals surface area (Å²) in [6.45, 7) is 1.73. The second-order valence-electron chi connectivity index (χ2n) is 14.2. The van der Waals surface area contributed by atoms with Crippen LogP contribution in [0, 0.1) is 6.92 Å². The summed E-state index contributed by atoms with van der Waals surface area (Å²) in [5.74, 6) is -1.27. The molecule has 0 saturated heterocycles. The average molecular weight is 957 g/mol. The first-order chi connectivity index (χ1) is 30.5. The molecule has 8 aromatic rings. The quantitative estimate of drug-likeness (QED) is 0.0548. The first-order valence-electron chi connectivity index (χ1n) is 18.3. The number of aryl methyl sites for hydroxylation is 1. The van der Waals surface area contributed by atoms with Crippen LogP contribution in [0.25, 0.3) is 43.1 Å². The molecule has 0 aliphatic rings. The molecule has 0 bridgehead atoms. The zero-order chi connectivity index (χ0) is 46.8. The second kappa shape index (κ2) is 16.1. The number of aromatic hydroxyl groups is 2. The number of phenolic OH excluding ortho intramolecular Hbond substituents is 2. The van der Waals surface area contributed by atoms with Crippen molar-refractivity contribution in [1.82, 2.24) is 0 Å². The number of azo groups is 3. The Morgan fingerprint density at radius 1 is 0.385 bits per heavy atom. The van der Waals surface area contributed by atoms with Gasteiger partial charge in [0.05, 0.1) is 17.1 Å². The van der Waals surface area contributed by atoms with Crippen molar-refractivity contribution in [3.05, 3.63) is 121 Å². The molecular formula is C41H28N6O14S4. The summed E-state index contributed by atoms with van der Waals surface area (Å²) in [7, 11) is -20.5. The summed E-state index contributed by atoms with van der Waals surface area (Å²) in [4.78, 5) is -3.51. The predicted octanol–water partition coefficient (Wildman–Crippen LogP) is 10.3. The Balaban J connectivity index is 1.23. The molecule has 6 N–H and O–H groups in total. The van der Waals surface area contributed by atoms with Crippen molar-refractivity contribution >= 4 is 118 Å². The minimum absolute atomic E-state index is 0.0342. The van der Waals surface area contributed by atoms with Gasteiger partial charge >= 0.3 is 0 Å². The van der Waals surface area contributed by atoms with Crippen LogP contribution in [0.3, 0.4) is 0 Å². The van der Waals surface area contributed by atoms with E-state index in [1.54, 1.807) is 55.5 Å². The van der Waals surface area contributed by atoms with Crippen LogP contribution in [0.5, 0.6) is 11.5 Å². The lowest BCUT2D eigenvalue weighted by atomic mass is 10.0. The highest BCUT2D eigenvalue weighted by Gasteiger charge is 2.28. The SMILES string of the molecule is Cc1ccc2c(N=Nc3cc(S(=O)(=O)O)c4cccc(S(=O)(=O)O)c4c3)ccc(N=Nc3c(S(=O)(=O)O)cc4c(S(=O)(=O)O)c(N=Nc5ccc6ccccc6c5O)ccc4c3O)c2c1. The minimum atomic E-state index is -5.34. The maximum absolute atomic E-state index is 12.8. The average Bonchev–Trinajstić information content (AvgIpc) is 3.23. The summed E-state index contributed by atoms with van der Waals surface area (Å²) < 4.78 is 141. The van der Waals surface area contributed by atoms with E-state index in [0.29, 0.717) is 33.2 Å². The summed E-state index contributed by atoms with van der Waals surface area (Å²) in [5, 5.41) is 46.7. The molecule has 65 heavy (non-hydrogen) atoms. The Kier molecular flexibility index (Phi) is 11.0. The minimum Gasteiger partial charge on any atom is -0.505 e. The van der Waals surface area contributed by atoms with Gasteiger partial charge in [-0.1, -0.05) is 60.2 Å². The van der Waals surface area contributed by atoms with Crippen LogP contribution >= 0.6 is 0 Å². The van der Waals surface area contributed by atoms with Gasteiger partial charge < -0.3 is 10.2 Å². The lowest BCUT2D eigenvalue weighted by molar-refractivity contribution is 0.471. The monoisotopic (exact) mass is 956 g/mol. The lowest BCUT2D eigenvalue weighted by Crippen LogP contribution is -2.03. The highest BCUT2D eigenvalue weighted by molar-refractivity contribution is 7.87. The van der Waals surface area contributed by atoms with Gasteiger partial charge in [0, 0.05) is 37.7 Å². The molecule has 8 aromatic carbocycles. The third-order valence-electron chi connectivity index (χ3n) is 9.96. The maximum atomic E-state index is 12.8. The molecule has 0 aliphatic heterocycles. The van der Waals surface area contributed by atoms with Crippen LogP contribution < -0.4 is 0 Å². The van der Waals surface area contributed by atoms with Gasteiger partial charge in [0.25, 0.3) is 40.5 Å². The fourth-order valence-electron chi connectivity index (χ4n) is 7.08. The number of hydrogen-bond acceptors (Lipinski definition) is 16. The van der Waals surface area contributed by atoms with E-state index in [2.05, 4.69) is 30.7 Å². The van der Waals surface area contributed by atoms with Crippen molar-refractivity contribution in [2.24, 2.45) is 30.7 Å². The molecule has 0 aliphatic carbocycles. The highest BCUT2D eigenvalue weighted by atomic mass is 32.2. The largest absolute Gasteiger partial charge is 0.505 e. The zero-order valence-electron chi connectivity index (χ0n) is 32.7. The third kappa shape index (κ3) is 8.62. The number of fused-ring (bicyclic) bond motifs is 4. The molecule has 0 fully saturated rings. The van der Waals surface area contributed by atoms with Crippen LogP contribution in [0.4, 0.5) is 34.1 Å². The van der Waals surface area contributed by atoms with E-state index >= 15 is 0 Å². The Hall–Kier alpha value is -7.16. The topological polar surface area (TPSA) is 332 Å². The van der Waals surface area contributed by atoms with Gasteiger partial charge in [-0.25, -0.2) is 0 Å². The normalized spacial score (nSPS) is 13.1. The van der Waals surface area contributed by atoms with Crippen LogP contribution in [0.2, 0.25) is 0 Å². The van der Waals surface area contributed by atoms with E-state index in [1.807, 2.05) is 0 Å². The van der Waals surface area contributed by atoms with Crippen LogP contribution in [-0.2, 0) is 40.5 Å². The van der Waals surface area contributed by atoms with Gasteiger partial charge in [-0.05, 0) is 73.0 Å². The Morgan fingerprint density at radius 3 is 1.66 bits per heavy atom. The molecule has 0 atom stereocenters. The van der Waals surface area contributed by atoms with E-state index < -0.39 is 82.6 Å². The Bertz CT molecular complexity index is 3940. The molecule has 0 radical (unpaired) electrons. The first kappa shape index (κ1) is 44.4. The van der Waals surface area contributed by atoms with Gasteiger partial charge in [0.15, 0.2) is 11.5 Å². The molecule has 0 spiro atoms. The third-order valence-corrected chi connectivity index (χ3v) is 13.6. The van der Waals surface area contributed by atoms with E-state index in [-0.39, 0.29) is 44.7 Å². The van der Waals surface area contributed by atoms with Crippen molar-refractivity contribution in [3.8, 4) is 11.5 Å². The predicted molar refractivity (Wildman–Crippen MR) is 236 cm³/mol. The van der Waals surface area contributed by atoms with E-state index in [9.17, 15) is 62.1 Å². The van der Waals surface area contributed by atoms with Crippen molar-refractivity contribution < 1.29 is 62.1 Å². The van der Waals surface area contributed by atoms with Crippen LogP contribution in [-0.4, -0.2) is 62.1 Å². The number of benzene rings is 8. The van der Waals surface area contributed by atoms with Crippen LogP contribution in [0.15, 0.2) is 166 Å². The molecule has 0 unspecified atom stereocenters. The number of phenols is 2. The molecule has 8 rings (SSSR count). The van der Waals surface area contributed by atoms with Gasteiger partial charge in [-0.3, -0.25) is 18.2 Å². The van der Waals surface area contributed by atoms with Crippen molar-refractivity contribution in [2.45, 2.75) is 26.5 Å². The first-order valence-corrected chi connectivity index (χ1v) is 24.1. The molecule has 0 aromatic heterocycles. The summed E-state index contributed by atoms with van der Waals surface area (Å²) in [6, 6.07) is 25.7. The smallest absolute Gasteiger partial charge is 0.297 e. The zero-order valence-corrected chi connectivity index (χ0v) is 36.0. The molecular weight excluding hydrogens is 929 g/mol. The van der Waals surface area contributed by atoms with Gasteiger partial charge in [0.1, 0.15) is 36.6 Å². The standard InChI is InChI=1S/C41H28N6O14S4/c1-21-9-11-25-28(17-21)32(16-15-31(25)43-42-23-18-29-26(36(19-23)63(53,54)55)7-4-8-35(29)62(50,51)52)44-47-38-37(64(56,57)58)20-30-27(40(38)49)12-14-34(41(30)65(59,60)61)46-45-33-13-10-22-5-2-3-6-24(22)39(33)48/h2-20,48-49H,1H3,(H,50,51,52)(H,53,54,55)(H,56,57,58)(H,59,60,61). The van der Waals surface area contributed by atoms with Gasteiger partial charge in [-0.15, -0.1) is 25.6 Å². The lowest BCUT2D eigenvalue weighted by Gasteiger charge is -2.12. The van der Waals surface area contributed by atoms with Crippen molar-refractivity contribution in [1.29, 1.82) is 0 Å². The molecule has 20 nitrogen and oxygen atoms in total.